The Balaban J connectivity index is 0. The van der Waals surface area contributed by atoms with E-state index < -0.39 is 0 Å². The minimum Gasteiger partial charge on any atom is -0.870 e. The van der Waals surface area contributed by atoms with E-state index in [1.54, 1.807) is 0 Å². The molecular weight excluding hydrogens is 128 g/mol. The molecule has 0 aliphatic rings. The molecule has 0 aliphatic heterocycles. The maximum atomic E-state index is 0. The van der Waals surface area contributed by atoms with Crippen LogP contribution in [-0.4, -0.2) is 21.9 Å². The molecule has 0 heterocycles. The normalized spacial score (nSPS) is 0. The molecule has 1 radical (unpaired) electrons. The molecule has 0 spiro atoms. The quantitative estimate of drug-likeness (QED) is 0.403. The molecule has 0 amide bonds. The minimum absolute atomic E-state index is 0. The van der Waals surface area contributed by atoms with Crippen LogP contribution in [-0.2, 0) is 17.1 Å². The topological polar surface area (TPSA) is 120 Å². The summed E-state index contributed by atoms with van der Waals surface area (Å²) >= 11 is 0. The molecule has 0 saturated heterocycles. The summed E-state index contributed by atoms with van der Waals surface area (Å²) in [5.41, 5.74) is 0. The summed E-state index contributed by atoms with van der Waals surface area (Å²) in [6.07, 6.45) is 0. The van der Waals surface area contributed by atoms with Crippen LogP contribution < -0.4 is 0 Å². The van der Waals surface area contributed by atoms with Gasteiger partial charge in [-0.2, -0.15) is 0 Å². The molecule has 0 aromatic rings. The van der Waals surface area contributed by atoms with Gasteiger partial charge in [0.25, 0.3) is 0 Å². The largest absolute Gasteiger partial charge is 0.870 e. The Bertz CT molecular complexity index is 3.61. The van der Waals surface area contributed by atoms with Gasteiger partial charge in [-0.15, -0.1) is 0 Å². The second-order valence-corrected chi connectivity index (χ2v) is 0. The maximum Gasteiger partial charge on any atom is 0 e. The molecule has 5 heavy (non-hydrogen) atoms. The predicted octanol–water partition coefficient (Wildman–Crippen LogP) is -0.710. The summed E-state index contributed by atoms with van der Waals surface area (Å²) in [4.78, 5) is 0. The molecule has 0 unspecified atom stereocenters. The molecule has 0 aliphatic carbocycles. The fraction of sp³-hybridized carbons (Fsp3) is 0. The molecule has 0 bridgehead atoms. The maximum absolute atomic E-state index is 0. The van der Waals surface area contributed by atoms with E-state index in [0.717, 1.165) is 0 Å². The van der Waals surface area contributed by atoms with Gasteiger partial charge in [0, 0.05) is 17.1 Å². The van der Waals surface area contributed by atoms with E-state index in [1.807, 2.05) is 0 Å². The summed E-state index contributed by atoms with van der Waals surface area (Å²) in [5, 5.41) is 0. The van der Waals surface area contributed by atoms with Crippen LogP contribution >= 0.6 is 0 Å². The first kappa shape index (κ1) is 788. The van der Waals surface area contributed by atoms with Crippen LogP contribution in [0.1, 0.15) is 0 Å². The third-order valence-electron chi connectivity index (χ3n) is 0. The van der Waals surface area contributed by atoms with Gasteiger partial charge in [0.1, 0.15) is 0 Å². The SMILES string of the molecule is [Cu].[OH-].[OH-].[OH-].[OH-]. The van der Waals surface area contributed by atoms with Gasteiger partial charge in [-0.25, -0.2) is 0 Å². The van der Waals surface area contributed by atoms with E-state index in [2.05, 4.69) is 0 Å². The second kappa shape index (κ2) is 381. The van der Waals surface area contributed by atoms with Crippen LogP contribution in [0.15, 0.2) is 0 Å². The van der Waals surface area contributed by atoms with Gasteiger partial charge in [0.05, 0.1) is 0 Å². The van der Waals surface area contributed by atoms with Crippen molar-refractivity contribution in [3.8, 4) is 0 Å². The van der Waals surface area contributed by atoms with E-state index in [0.29, 0.717) is 0 Å². The number of rotatable bonds is 0. The smallest absolute Gasteiger partial charge is 0 e. The molecule has 0 saturated carbocycles. The zero-order valence-corrected chi connectivity index (χ0v) is 3.03. The first-order chi connectivity index (χ1) is 0. The number of hydrogen-bond acceptors (Lipinski definition) is 4. The van der Waals surface area contributed by atoms with Crippen molar-refractivity contribution < 1.29 is 39.0 Å². The van der Waals surface area contributed by atoms with Crippen LogP contribution in [0.4, 0.5) is 0 Å². The van der Waals surface area contributed by atoms with Gasteiger partial charge in [0.2, 0.25) is 0 Å². The molecule has 0 atom stereocenters. The van der Waals surface area contributed by atoms with Gasteiger partial charge >= 0.3 is 0 Å². The summed E-state index contributed by atoms with van der Waals surface area (Å²) in [7, 11) is 0. The molecule has 0 aromatic carbocycles. The van der Waals surface area contributed by atoms with Crippen LogP contribution in [0.5, 0.6) is 0 Å². The molecule has 0 rings (SSSR count). The van der Waals surface area contributed by atoms with E-state index in [-0.39, 0.29) is 39.0 Å². The monoisotopic (exact) mass is 131 g/mol. The van der Waals surface area contributed by atoms with Crippen molar-refractivity contribution in [2.24, 2.45) is 0 Å². The molecule has 43 valence electrons. The van der Waals surface area contributed by atoms with E-state index in [4.69, 9.17) is 0 Å². The predicted molar refractivity (Wildman–Crippen MR) is 7.74 cm³/mol. The summed E-state index contributed by atoms with van der Waals surface area (Å²) in [6.45, 7) is 0. The first-order valence-electron chi connectivity index (χ1n) is 0. The first-order valence-corrected chi connectivity index (χ1v) is 0. The third-order valence-corrected chi connectivity index (χ3v) is 0. The molecule has 4 N–H and O–H groups in total. The Hall–Kier alpha value is 0.359. The molecular formula is H4CuO4-4. The van der Waals surface area contributed by atoms with Gasteiger partial charge in [-0.3, -0.25) is 0 Å². The van der Waals surface area contributed by atoms with Crippen molar-refractivity contribution in [1.82, 2.24) is 0 Å². The summed E-state index contributed by atoms with van der Waals surface area (Å²) in [5.74, 6) is 0. The zero-order valence-electron chi connectivity index (χ0n) is 2.09. The van der Waals surface area contributed by atoms with E-state index in [1.165, 1.54) is 0 Å². The fourth-order valence-corrected chi connectivity index (χ4v) is 0. The summed E-state index contributed by atoms with van der Waals surface area (Å²) in [6, 6.07) is 0. The van der Waals surface area contributed by atoms with Crippen LogP contribution in [0.25, 0.3) is 0 Å². The molecule has 0 fully saturated rings. The van der Waals surface area contributed by atoms with Gasteiger partial charge in [-0.05, 0) is 0 Å². The second-order valence-electron chi connectivity index (χ2n) is 0. The van der Waals surface area contributed by atoms with Gasteiger partial charge < -0.3 is 21.9 Å². The minimum atomic E-state index is 0. The third kappa shape index (κ3) is 188. The Morgan fingerprint density at radius 3 is 0.400 bits per heavy atom. The van der Waals surface area contributed by atoms with Crippen molar-refractivity contribution in [3.63, 3.8) is 0 Å². The van der Waals surface area contributed by atoms with Gasteiger partial charge in [-0.1, -0.05) is 0 Å². The Morgan fingerprint density at radius 1 is 0.400 bits per heavy atom. The summed E-state index contributed by atoms with van der Waals surface area (Å²) < 4.78 is 0. The van der Waals surface area contributed by atoms with Crippen LogP contribution in [0.2, 0.25) is 0 Å². The average Bonchev–Trinajstić information content (AvgIpc) is 0. The molecule has 5 heteroatoms. The zero-order chi connectivity index (χ0) is 0. The van der Waals surface area contributed by atoms with E-state index >= 15 is 0 Å². The average molecular weight is 132 g/mol. The number of hydrogen-bond donors (Lipinski definition) is 0. The Kier molecular flexibility index (Phi) is 60000. The van der Waals surface area contributed by atoms with Crippen LogP contribution in [0.3, 0.4) is 0 Å². The van der Waals surface area contributed by atoms with Gasteiger partial charge in [0.15, 0.2) is 0 Å². The Labute approximate surface area is 39.9 Å². The molecule has 0 aromatic heterocycles. The standard InChI is InChI=1S/Cu.4H2O/h;4*1H2/p-4. The fourth-order valence-electron chi connectivity index (χ4n) is 0. The molecule has 4 nitrogen and oxygen atoms in total. The van der Waals surface area contributed by atoms with E-state index in [9.17, 15) is 0 Å². The van der Waals surface area contributed by atoms with Crippen molar-refractivity contribution >= 4 is 0 Å². The van der Waals surface area contributed by atoms with Crippen molar-refractivity contribution in [2.75, 3.05) is 0 Å². The Morgan fingerprint density at radius 2 is 0.400 bits per heavy atom. The van der Waals surface area contributed by atoms with Crippen LogP contribution in [0, 0.1) is 0 Å². The van der Waals surface area contributed by atoms with Crippen molar-refractivity contribution in [2.45, 2.75) is 0 Å². The van der Waals surface area contributed by atoms with Crippen molar-refractivity contribution in [1.29, 1.82) is 0 Å². The van der Waals surface area contributed by atoms with Crippen molar-refractivity contribution in [3.05, 3.63) is 0 Å².